The van der Waals surface area contributed by atoms with Crippen molar-refractivity contribution < 1.29 is 0 Å². The van der Waals surface area contributed by atoms with Crippen LogP contribution in [0.1, 0.15) is 90.4 Å². The van der Waals surface area contributed by atoms with Crippen LogP contribution in [-0.4, -0.2) is 59.8 Å². The Morgan fingerprint density at radius 2 is 0.339 bits per heavy atom. The average Bonchev–Trinajstić information content (AvgIpc) is 1.23. The second kappa shape index (κ2) is 30.2. The first-order chi connectivity index (χ1) is 61.4. The van der Waals surface area contributed by atoms with Crippen LogP contribution in [0, 0.1) is 0 Å². The Labute approximate surface area is 722 Å². The third-order valence-electron chi connectivity index (χ3n) is 24.5. The van der Waals surface area contributed by atoms with Crippen LogP contribution in [0.4, 0.5) is 0 Å². The summed E-state index contributed by atoms with van der Waals surface area (Å²) in [4.78, 5) is 61.0. The van der Waals surface area contributed by atoms with Crippen molar-refractivity contribution >= 4 is 42.8 Å². The van der Waals surface area contributed by atoms with Crippen LogP contribution in [0.2, 0.25) is 0 Å². The molecule has 0 saturated heterocycles. The number of hydrogen-bond acceptors (Lipinski definition) is 14. The van der Waals surface area contributed by atoms with Gasteiger partial charge in [-0.25, -0.2) is 59.8 Å². The average molecular weight is 1620 g/mol. The molecule has 12 nitrogen and oxygen atoms in total. The largest absolute Gasteiger partial charge is 0.208 e. The molecule has 0 spiro atoms. The van der Waals surface area contributed by atoms with Crippen LogP contribution in [0.25, 0.3) is 168 Å². The molecule has 6 aromatic heterocycles. The highest BCUT2D eigenvalue weighted by Gasteiger charge is 2.44. The number of aromatic nitrogens is 12. The maximum Gasteiger partial charge on any atom is 0.165 e. The van der Waals surface area contributed by atoms with Gasteiger partial charge in [-0.2, -0.15) is 0 Å². The van der Waals surface area contributed by atoms with E-state index in [4.69, 9.17) is 59.8 Å². The number of rotatable bonds is 13. The lowest BCUT2D eigenvalue weighted by Gasteiger charge is -2.42. The van der Waals surface area contributed by atoms with Gasteiger partial charge in [0.1, 0.15) is 0 Å². The van der Waals surface area contributed by atoms with E-state index in [-0.39, 0.29) is 23.7 Å². The summed E-state index contributed by atoms with van der Waals surface area (Å²) >= 11 is 3.49. The molecule has 21 aromatic rings. The Balaban J connectivity index is 0.000000140. The first-order valence-electron chi connectivity index (χ1n) is 41.6. The van der Waals surface area contributed by atoms with Crippen LogP contribution in [-0.2, 0) is 0 Å². The summed E-state index contributed by atoms with van der Waals surface area (Å²) in [5.74, 6) is 8.01. The summed E-state index contributed by atoms with van der Waals surface area (Å²) in [5, 5.41) is 6.82. The fourth-order valence-electron chi connectivity index (χ4n) is 18.7. The molecule has 27 rings (SSSR count). The molecule has 4 bridgehead atoms. The van der Waals surface area contributed by atoms with E-state index in [2.05, 4.69) is 229 Å². The first-order valence-corrected chi connectivity index (χ1v) is 43.3. The Bertz CT molecular complexity index is 7650. The molecule has 0 radical (unpaired) electrons. The molecule has 0 fully saturated rings. The predicted octanol–water partition coefficient (Wildman–Crippen LogP) is 26.2. The predicted molar refractivity (Wildman–Crippen MR) is 497 cm³/mol. The molecule has 4 atom stereocenters. The minimum atomic E-state index is 0.0314. The molecule has 4 unspecified atom stereocenters. The molecule has 0 aliphatic heterocycles. The Kier molecular flexibility index (Phi) is 17.6. The van der Waals surface area contributed by atoms with E-state index in [1.165, 1.54) is 92.7 Å². The lowest BCUT2D eigenvalue weighted by atomic mass is 9.61. The van der Waals surface area contributed by atoms with Gasteiger partial charge in [-0.05, 0) is 114 Å². The topological polar surface area (TPSA) is 155 Å². The van der Waals surface area contributed by atoms with Crippen molar-refractivity contribution in [3.8, 4) is 148 Å². The van der Waals surface area contributed by atoms with Crippen molar-refractivity contribution in [3.63, 3.8) is 0 Å². The van der Waals surface area contributed by atoms with Gasteiger partial charge in [-0.3, -0.25) is 0 Å². The lowest BCUT2D eigenvalue weighted by Crippen LogP contribution is -2.27. The van der Waals surface area contributed by atoms with Gasteiger partial charge in [0.25, 0.3) is 0 Å². The Morgan fingerprint density at radius 1 is 0.145 bits per heavy atom. The fourth-order valence-corrected chi connectivity index (χ4v) is 20.6. The third kappa shape index (κ3) is 12.7. The number of benzene rings is 15. The van der Waals surface area contributed by atoms with Crippen molar-refractivity contribution in [2.24, 2.45) is 0 Å². The van der Waals surface area contributed by atoms with Gasteiger partial charge in [0.15, 0.2) is 69.9 Å². The Hall–Kier alpha value is -15.7. The number of hydrogen-bond donors (Lipinski definition) is 0. The van der Waals surface area contributed by atoms with Gasteiger partial charge in [0.2, 0.25) is 0 Å². The fraction of sp³-hybridized carbons (Fsp3) is 0.0364. The van der Waals surface area contributed by atoms with Crippen LogP contribution >= 0.6 is 22.7 Å². The molecule has 0 amide bonds. The zero-order valence-electron chi connectivity index (χ0n) is 66.4. The van der Waals surface area contributed by atoms with Gasteiger partial charge in [0, 0.05) is 122 Å². The van der Waals surface area contributed by atoms with Crippen molar-refractivity contribution in [1.29, 1.82) is 0 Å². The molecule has 6 aliphatic carbocycles. The number of nitrogens with zero attached hydrogens (tertiary/aromatic N) is 12. The second-order valence-corrected chi connectivity index (χ2v) is 33.5. The maximum atomic E-state index is 5.21. The summed E-state index contributed by atoms with van der Waals surface area (Å²) in [6.45, 7) is 0. The molecule has 14 heteroatoms. The van der Waals surface area contributed by atoms with Crippen molar-refractivity contribution in [1.82, 2.24) is 59.8 Å². The quantitative estimate of drug-likeness (QED) is 0.108. The van der Waals surface area contributed by atoms with Crippen molar-refractivity contribution in [2.75, 3.05) is 0 Å². The molecule has 6 heterocycles. The maximum absolute atomic E-state index is 5.21. The van der Waals surface area contributed by atoms with Crippen LogP contribution in [0.15, 0.2) is 387 Å². The van der Waals surface area contributed by atoms with Crippen molar-refractivity contribution in [2.45, 2.75) is 23.7 Å². The van der Waals surface area contributed by atoms with Crippen molar-refractivity contribution in [3.05, 3.63) is 454 Å². The van der Waals surface area contributed by atoms with Gasteiger partial charge >= 0.3 is 0 Å². The second-order valence-electron chi connectivity index (χ2n) is 31.7. The number of thiophene rings is 2. The molecular weight excluding hydrogens is 1550 g/mol. The molecule has 0 N–H and O–H groups in total. The van der Waals surface area contributed by atoms with E-state index in [0.29, 0.717) is 69.9 Å². The van der Waals surface area contributed by atoms with Gasteiger partial charge in [-0.15, -0.1) is 22.7 Å². The van der Waals surface area contributed by atoms with E-state index < -0.39 is 0 Å². The summed E-state index contributed by atoms with van der Waals surface area (Å²) < 4.78 is 2.49. The van der Waals surface area contributed by atoms with E-state index in [9.17, 15) is 0 Å². The molecule has 0 saturated carbocycles. The third-order valence-corrected chi connectivity index (χ3v) is 26.4. The molecule has 124 heavy (non-hydrogen) atoms. The zero-order valence-corrected chi connectivity index (χ0v) is 68.1. The summed E-state index contributed by atoms with van der Waals surface area (Å²) in [7, 11) is 0. The van der Waals surface area contributed by atoms with Crippen LogP contribution in [0.3, 0.4) is 0 Å². The highest BCUT2D eigenvalue weighted by Crippen LogP contribution is 2.59. The number of fused-ring (bicyclic) bond motifs is 2. The summed E-state index contributed by atoms with van der Waals surface area (Å²) in [5.41, 5.74) is 29.6. The standard InChI is InChI=1S/C58H36N6S.C52H32N6S/c1-4-14-36(15-5-1)53-59-54(37-16-6-2-7-17-37)62-57(61-53)40-28-30-45-47(32-40)51-43-21-10-11-22-44(43)52(45)48-33-41(29-31-46(48)51)58-63-55(38-18-8-3-9-19-38)60-56(64-58)39-26-24-35(25-27-39)49-34-65-50-23-13-12-20-42(49)50;1-4-14-31(15-5-1)47-53-48(32-16-6-2-7-17-32)55-50(54-47)34-24-26-39-41(28-34)45-37-21-10-11-22-38(37)46(39)42-29-35(25-27-40(42)45)51-56-49(33-18-8-3-9-19-33)57-52(58-51)43-30-59-44-23-13-12-20-36(43)44/h1-34,51-52H;1-30,45-46H. The summed E-state index contributed by atoms with van der Waals surface area (Å²) in [6.07, 6.45) is 0. The minimum Gasteiger partial charge on any atom is -0.208 e. The van der Waals surface area contributed by atoms with Crippen LogP contribution in [0.5, 0.6) is 0 Å². The SMILES string of the molecule is c1ccc(-c2nc(-c3ccccc3)nc(-c3ccc4c(c3)C3c5ccccc5C4c4cc(-c5nc(-c6ccccc6)nc(-c6ccc(-c7csc8ccccc78)cc6)n5)ccc43)n2)cc1.c1ccc(-c2nc(-c3ccccc3)nc(-c3ccc4c(c3)C3c5ccccc5C4c4cc(-c5nc(-c6ccccc6)nc(-c6csc7ccccc67)n5)ccc43)n2)cc1. The molecule has 15 aromatic carbocycles. The summed E-state index contributed by atoms with van der Waals surface area (Å²) in [6, 6.07) is 132. The normalized spacial score (nSPS) is 14.6. The molecular formula is C110H68N12S2. The van der Waals surface area contributed by atoms with E-state index in [1.54, 1.807) is 22.7 Å². The van der Waals surface area contributed by atoms with E-state index in [1.807, 2.05) is 158 Å². The smallest absolute Gasteiger partial charge is 0.165 e. The minimum absolute atomic E-state index is 0.0314. The van der Waals surface area contributed by atoms with E-state index in [0.717, 1.165) is 72.1 Å². The highest BCUT2D eigenvalue weighted by molar-refractivity contribution is 7.18. The lowest BCUT2D eigenvalue weighted by molar-refractivity contribution is 0.754. The van der Waals surface area contributed by atoms with Gasteiger partial charge in [0.05, 0.1) is 0 Å². The van der Waals surface area contributed by atoms with Gasteiger partial charge < -0.3 is 0 Å². The molecule has 580 valence electrons. The van der Waals surface area contributed by atoms with Crippen LogP contribution < -0.4 is 0 Å². The zero-order chi connectivity index (χ0) is 81.7. The van der Waals surface area contributed by atoms with E-state index >= 15 is 0 Å². The monoisotopic (exact) mass is 1620 g/mol. The van der Waals surface area contributed by atoms with Gasteiger partial charge in [-0.1, -0.05) is 340 Å². The molecule has 6 aliphatic rings. The highest BCUT2D eigenvalue weighted by atomic mass is 32.1. The first kappa shape index (κ1) is 72.3. The Morgan fingerprint density at radius 3 is 0.621 bits per heavy atom.